The van der Waals surface area contributed by atoms with Gasteiger partial charge in [-0.1, -0.05) is 97.1 Å². The highest BCUT2D eigenvalue weighted by Crippen LogP contribution is 2.50. The summed E-state index contributed by atoms with van der Waals surface area (Å²) in [7, 11) is 0. The van der Waals surface area contributed by atoms with Crippen LogP contribution >= 0.6 is 0 Å². The van der Waals surface area contributed by atoms with Gasteiger partial charge in [-0.05, 0) is 23.3 Å². The Morgan fingerprint density at radius 3 is 1.84 bits per heavy atom. The summed E-state index contributed by atoms with van der Waals surface area (Å²) in [5, 5.41) is 2.24. The van der Waals surface area contributed by atoms with Gasteiger partial charge < -0.3 is 9.15 Å². The average Bonchev–Trinajstić information content (AvgIpc) is 3.16. The average molecular weight is 410 g/mol. The summed E-state index contributed by atoms with van der Waals surface area (Å²) in [6.45, 7) is 0. The van der Waals surface area contributed by atoms with Gasteiger partial charge in [0.15, 0.2) is 0 Å². The van der Waals surface area contributed by atoms with Crippen molar-refractivity contribution in [3.63, 3.8) is 0 Å². The maximum absolute atomic E-state index is 6.65. The lowest BCUT2D eigenvalue weighted by Gasteiger charge is -2.14. The summed E-state index contributed by atoms with van der Waals surface area (Å²) < 4.78 is 13.0. The number of furan rings is 1. The molecular formula is C30H18O2. The SMILES string of the molecule is c1ccc2c(c1)Oc1c(cccc1-c1cccc3c1oc1ccccc13)-c1ccccc1-2. The molecule has 0 amide bonds. The molecule has 0 saturated heterocycles. The molecule has 0 fully saturated rings. The van der Waals surface area contributed by atoms with E-state index in [2.05, 4.69) is 84.9 Å². The Hall–Kier alpha value is -4.30. The van der Waals surface area contributed by atoms with Crippen molar-refractivity contribution >= 4 is 21.9 Å². The Kier molecular flexibility index (Phi) is 3.58. The van der Waals surface area contributed by atoms with Crippen LogP contribution in [0.25, 0.3) is 55.3 Å². The second-order valence-corrected chi connectivity index (χ2v) is 8.11. The van der Waals surface area contributed by atoms with Crippen LogP contribution in [0.3, 0.4) is 0 Å². The molecule has 2 heterocycles. The first-order valence-corrected chi connectivity index (χ1v) is 10.8. The van der Waals surface area contributed by atoms with Crippen molar-refractivity contribution in [2.75, 3.05) is 0 Å². The first kappa shape index (κ1) is 17.4. The summed E-state index contributed by atoms with van der Waals surface area (Å²) in [5.41, 5.74) is 8.39. The smallest absolute Gasteiger partial charge is 0.143 e. The fourth-order valence-electron chi connectivity index (χ4n) is 4.87. The fourth-order valence-corrected chi connectivity index (χ4v) is 4.87. The topological polar surface area (TPSA) is 22.4 Å². The molecular weight excluding hydrogens is 392 g/mol. The van der Waals surface area contributed by atoms with E-state index in [0.717, 1.165) is 55.7 Å². The molecule has 1 aliphatic rings. The van der Waals surface area contributed by atoms with Crippen LogP contribution in [0.15, 0.2) is 114 Å². The molecule has 6 aromatic rings. The largest absolute Gasteiger partial charge is 0.455 e. The molecule has 5 aromatic carbocycles. The monoisotopic (exact) mass is 410 g/mol. The zero-order valence-corrected chi connectivity index (χ0v) is 17.2. The number of benzene rings is 5. The molecule has 0 atom stereocenters. The molecule has 0 spiro atoms. The van der Waals surface area contributed by atoms with E-state index >= 15 is 0 Å². The number of para-hydroxylation sites is 4. The van der Waals surface area contributed by atoms with Gasteiger partial charge in [0.25, 0.3) is 0 Å². The molecule has 32 heavy (non-hydrogen) atoms. The first-order valence-electron chi connectivity index (χ1n) is 10.8. The van der Waals surface area contributed by atoms with Gasteiger partial charge in [-0.25, -0.2) is 0 Å². The van der Waals surface area contributed by atoms with Crippen LogP contribution in [0.4, 0.5) is 0 Å². The van der Waals surface area contributed by atoms with E-state index < -0.39 is 0 Å². The van der Waals surface area contributed by atoms with Crippen molar-refractivity contribution in [3.8, 4) is 44.9 Å². The van der Waals surface area contributed by atoms with Gasteiger partial charge in [0, 0.05) is 33.0 Å². The van der Waals surface area contributed by atoms with Crippen molar-refractivity contribution < 1.29 is 9.15 Å². The van der Waals surface area contributed by atoms with E-state index in [1.807, 2.05) is 24.3 Å². The van der Waals surface area contributed by atoms with Gasteiger partial charge in [0.05, 0.1) is 0 Å². The summed E-state index contributed by atoms with van der Waals surface area (Å²) in [4.78, 5) is 0. The van der Waals surface area contributed by atoms with E-state index in [9.17, 15) is 0 Å². The minimum atomic E-state index is 0.859. The molecule has 150 valence electrons. The van der Waals surface area contributed by atoms with Crippen molar-refractivity contribution in [1.29, 1.82) is 0 Å². The second kappa shape index (κ2) is 6.60. The zero-order valence-electron chi connectivity index (χ0n) is 17.2. The minimum Gasteiger partial charge on any atom is -0.455 e. The molecule has 0 radical (unpaired) electrons. The van der Waals surface area contributed by atoms with Gasteiger partial charge in [-0.2, -0.15) is 0 Å². The third kappa shape index (κ3) is 2.41. The normalized spacial score (nSPS) is 12.0. The number of rotatable bonds is 1. The van der Waals surface area contributed by atoms with Crippen molar-refractivity contribution in [3.05, 3.63) is 109 Å². The minimum absolute atomic E-state index is 0.859. The Labute approximate surface area is 185 Å². The highest BCUT2D eigenvalue weighted by Gasteiger charge is 2.24. The summed E-state index contributed by atoms with van der Waals surface area (Å²) >= 11 is 0. The summed E-state index contributed by atoms with van der Waals surface area (Å²) in [6.07, 6.45) is 0. The lowest BCUT2D eigenvalue weighted by molar-refractivity contribution is 0.489. The maximum Gasteiger partial charge on any atom is 0.143 e. The van der Waals surface area contributed by atoms with Crippen LogP contribution in [-0.2, 0) is 0 Å². The van der Waals surface area contributed by atoms with Crippen LogP contribution in [0.1, 0.15) is 0 Å². The number of hydrogen-bond donors (Lipinski definition) is 0. The van der Waals surface area contributed by atoms with Gasteiger partial charge in [-0.3, -0.25) is 0 Å². The number of fused-ring (bicyclic) bond motifs is 8. The van der Waals surface area contributed by atoms with Crippen LogP contribution in [0, 0.1) is 0 Å². The van der Waals surface area contributed by atoms with Gasteiger partial charge in [0.1, 0.15) is 22.7 Å². The molecule has 1 aromatic heterocycles. The lowest BCUT2D eigenvalue weighted by atomic mass is 9.92. The molecule has 1 aliphatic heterocycles. The Morgan fingerprint density at radius 1 is 0.406 bits per heavy atom. The Bertz CT molecular complexity index is 1660. The van der Waals surface area contributed by atoms with Crippen LogP contribution in [0.5, 0.6) is 11.5 Å². The standard InChI is InChI=1S/C30H18O2/c1-2-10-20-19(9-1)21-11-3-5-17-27(21)31-29-23(20)13-7-15-25(29)26-16-8-14-24-22-12-4-6-18-28(22)32-30(24)26/h1-18H. The lowest BCUT2D eigenvalue weighted by Crippen LogP contribution is -1.91. The number of hydrogen-bond acceptors (Lipinski definition) is 2. The molecule has 0 aliphatic carbocycles. The van der Waals surface area contributed by atoms with Gasteiger partial charge in [-0.15, -0.1) is 0 Å². The van der Waals surface area contributed by atoms with Crippen LogP contribution < -0.4 is 4.74 Å². The summed E-state index contributed by atoms with van der Waals surface area (Å²) in [6, 6.07) is 37.7. The van der Waals surface area contributed by atoms with E-state index in [1.165, 1.54) is 11.1 Å². The molecule has 7 rings (SSSR count). The van der Waals surface area contributed by atoms with Crippen molar-refractivity contribution in [2.45, 2.75) is 0 Å². The first-order chi connectivity index (χ1) is 15.9. The Balaban J connectivity index is 1.57. The molecule has 0 bridgehead atoms. The van der Waals surface area contributed by atoms with Gasteiger partial charge in [0.2, 0.25) is 0 Å². The quantitative estimate of drug-likeness (QED) is 0.270. The van der Waals surface area contributed by atoms with Gasteiger partial charge >= 0.3 is 0 Å². The van der Waals surface area contributed by atoms with E-state index in [1.54, 1.807) is 0 Å². The number of ether oxygens (including phenoxy) is 1. The molecule has 0 saturated carbocycles. The predicted molar refractivity (Wildman–Crippen MR) is 130 cm³/mol. The third-order valence-corrected chi connectivity index (χ3v) is 6.32. The molecule has 2 nitrogen and oxygen atoms in total. The zero-order chi connectivity index (χ0) is 21.1. The van der Waals surface area contributed by atoms with E-state index in [0.29, 0.717) is 0 Å². The second-order valence-electron chi connectivity index (χ2n) is 8.11. The fraction of sp³-hybridized carbons (Fsp3) is 0. The molecule has 2 heteroatoms. The van der Waals surface area contributed by atoms with Crippen LogP contribution in [-0.4, -0.2) is 0 Å². The van der Waals surface area contributed by atoms with Crippen molar-refractivity contribution in [2.24, 2.45) is 0 Å². The Morgan fingerprint density at radius 2 is 0.969 bits per heavy atom. The molecule has 0 unspecified atom stereocenters. The predicted octanol–water partition coefficient (Wildman–Crippen LogP) is 8.69. The van der Waals surface area contributed by atoms with Crippen LogP contribution in [0.2, 0.25) is 0 Å². The molecule has 0 N–H and O–H groups in total. The van der Waals surface area contributed by atoms with Crippen molar-refractivity contribution in [1.82, 2.24) is 0 Å². The van der Waals surface area contributed by atoms with E-state index in [4.69, 9.17) is 9.15 Å². The highest BCUT2D eigenvalue weighted by atomic mass is 16.5. The highest BCUT2D eigenvalue weighted by molar-refractivity contribution is 6.10. The van der Waals surface area contributed by atoms with E-state index in [-0.39, 0.29) is 0 Å². The maximum atomic E-state index is 6.65. The third-order valence-electron chi connectivity index (χ3n) is 6.32. The summed E-state index contributed by atoms with van der Waals surface area (Å²) in [5.74, 6) is 1.72.